The minimum Gasteiger partial charge on any atom is -0.398 e. The lowest BCUT2D eigenvalue weighted by atomic mass is 9.77. The molecule has 0 saturated heterocycles. The average Bonchev–Trinajstić information content (AvgIpc) is 2.50. The second kappa shape index (κ2) is 5.61. The van der Waals surface area contributed by atoms with Gasteiger partial charge in [-0.25, -0.2) is 0 Å². The molecule has 1 aromatic carbocycles. The molecule has 3 rings (SSSR count). The molecule has 0 spiro atoms. The van der Waals surface area contributed by atoms with Crippen molar-refractivity contribution in [2.24, 2.45) is 5.84 Å². The zero-order chi connectivity index (χ0) is 13.9. The minimum atomic E-state index is 0.00477. The Balaban J connectivity index is 2.01. The van der Waals surface area contributed by atoms with Gasteiger partial charge in [0.15, 0.2) is 0 Å². The fourth-order valence-electron chi connectivity index (χ4n) is 3.24. The predicted octanol–water partition coefficient (Wildman–Crippen LogP) is 2.29. The van der Waals surface area contributed by atoms with E-state index in [4.69, 9.17) is 11.6 Å². The van der Waals surface area contributed by atoms with E-state index in [9.17, 15) is 0 Å². The zero-order valence-electron chi connectivity index (χ0n) is 11.4. The van der Waals surface area contributed by atoms with Crippen molar-refractivity contribution in [3.8, 4) is 0 Å². The van der Waals surface area contributed by atoms with Gasteiger partial charge in [-0.05, 0) is 36.5 Å². The molecule has 20 heavy (non-hydrogen) atoms. The molecule has 1 aliphatic carbocycles. The van der Waals surface area contributed by atoms with Crippen LogP contribution >= 0.6 is 0 Å². The van der Waals surface area contributed by atoms with Crippen LogP contribution in [-0.2, 0) is 6.42 Å². The summed E-state index contributed by atoms with van der Waals surface area (Å²) in [5, 5.41) is 0. The van der Waals surface area contributed by atoms with Crippen molar-refractivity contribution in [1.29, 1.82) is 0 Å². The van der Waals surface area contributed by atoms with Gasteiger partial charge < -0.3 is 5.73 Å². The predicted molar refractivity (Wildman–Crippen MR) is 80.8 cm³/mol. The van der Waals surface area contributed by atoms with Crippen LogP contribution in [0.4, 0.5) is 5.69 Å². The second-order valence-electron chi connectivity index (χ2n) is 5.35. The molecule has 1 heterocycles. The number of benzene rings is 1. The Hall–Kier alpha value is -1.91. The number of nitrogens with two attached hydrogens (primary N) is 2. The Morgan fingerprint density at radius 3 is 2.90 bits per heavy atom. The van der Waals surface area contributed by atoms with Crippen LogP contribution in [0.15, 0.2) is 42.7 Å². The normalized spacial score (nSPS) is 19.4. The van der Waals surface area contributed by atoms with Crippen LogP contribution in [0.5, 0.6) is 0 Å². The van der Waals surface area contributed by atoms with Crippen molar-refractivity contribution in [3.63, 3.8) is 0 Å². The van der Waals surface area contributed by atoms with Gasteiger partial charge >= 0.3 is 0 Å². The molecule has 2 atom stereocenters. The number of aryl methyl sites for hydroxylation is 1. The maximum absolute atomic E-state index is 6.09. The van der Waals surface area contributed by atoms with E-state index in [0.29, 0.717) is 5.92 Å². The van der Waals surface area contributed by atoms with Gasteiger partial charge in [-0.3, -0.25) is 16.3 Å². The lowest BCUT2D eigenvalue weighted by Crippen LogP contribution is -2.34. The molecule has 0 bridgehead atoms. The van der Waals surface area contributed by atoms with Crippen molar-refractivity contribution in [2.45, 2.75) is 31.2 Å². The number of nitrogens with zero attached hydrogens (tertiary/aromatic N) is 1. The van der Waals surface area contributed by atoms with Crippen LogP contribution in [0.3, 0.4) is 0 Å². The lowest BCUT2D eigenvalue weighted by Gasteiger charge is -2.32. The summed E-state index contributed by atoms with van der Waals surface area (Å²) in [6.45, 7) is 0. The Labute approximate surface area is 119 Å². The highest BCUT2D eigenvalue weighted by Gasteiger charge is 2.29. The summed E-state index contributed by atoms with van der Waals surface area (Å²) in [5.74, 6) is 6.17. The maximum Gasteiger partial charge on any atom is 0.0564 e. The van der Waals surface area contributed by atoms with Gasteiger partial charge in [0.2, 0.25) is 0 Å². The van der Waals surface area contributed by atoms with E-state index in [-0.39, 0.29) is 6.04 Å². The van der Waals surface area contributed by atoms with Crippen LogP contribution in [-0.4, -0.2) is 4.98 Å². The summed E-state index contributed by atoms with van der Waals surface area (Å²) in [5.41, 5.74) is 13.6. The number of aromatic nitrogens is 1. The molecule has 1 aromatic heterocycles. The van der Waals surface area contributed by atoms with Crippen molar-refractivity contribution in [2.75, 3.05) is 5.73 Å². The highest BCUT2D eigenvalue weighted by molar-refractivity contribution is 5.48. The molecule has 104 valence electrons. The van der Waals surface area contributed by atoms with Crippen LogP contribution in [0.2, 0.25) is 0 Å². The number of hydrazine groups is 1. The van der Waals surface area contributed by atoms with E-state index < -0.39 is 0 Å². The highest BCUT2D eigenvalue weighted by Crippen LogP contribution is 2.40. The second-order valence-corrected chi connectivity index (χ2v) is 5.35. The fraction of sp³-hybridized carbons (Fsp3) is 0.312. The smallest absolute Gasteiger partial charge is 0.0564 e. The summed E-state index contributed by atoms with van der Waals surface area (Å²) in [6, 6.07) is 10.4. The molecule has 0 radical (unpaired) electrons. The van der Waals surface area contributed by atoms with Gasteiger partial charge in [-0.15, -0.1) is 0 Å². The summed E-state index contributed by atoms with van der Waals surface area (Å²) in [6.07, 6.45) is 6.96. The van der Waals surface area contributed by atoms with Crippen molar-refractivity contribution >= 4 is 5.69 Å². The Bertz CT molecular complexity index is 597. The van der Waals surface area contributed by atoms with Gasteiger partial charge in [-0.2, -0.15) is 0 Å². The molecular formula is C16H20N4. The molecule has 2 unspecified atom stereocenters. The van der Waals surface area contributed by atoms with E-state index >= 15 is 0 Å². The first kappa shape index (κ1) is 13.1. The lowest BCUT2D eigenvalue weighted by molar-refractivity contribution is 0.408. The molecule has 5 N–H and O–H groups in total. The van der Waals surface area contributed by atoms with Gasteiger partial charge in [0.25, 0.3) is 0 Å². The van der Waals surface area contributed by atoms with E-state index in [1.54, 1.807) is 6.20 Å². The molecule has 0 saturated carbocycles. The van der Waals surface area contributed by atoms with Gasteiger partial charge in [-0.1, -0.05) is 24.3 Å². The van der Waals surface area contributed by atoms with Crippen LogP contribution in [0, 0.1) is 0 Å². The first-order valence-corrected chi connectivity index (χ1v) is 7.04. The zero-order valence-corrected chi connectivity index (χ0v) is 11.4. The Kier molecular flexibility index (Phi) is 3.67. The van der Waals surface area contributed by atoms with Crippen LogP contribution < -0.4 is 17.0 Å². The number of hydrogen-bond donors (Lipinski definition) is 3. The van der Waals surface area contributed by atoms with Crippen molar-refractivity contribution in [3.05, 3.63) is 59.4 Å². The summed E-state index contributed by atoms with van der Waals surface area (Å²) >= 11 is 0. The molecule has 1 aliphatic rings. The third kappa shape index (κ3) is 2.28. The van der Waals surface area contributed by atoms with Gasteiger partial charge in [0.05, 0.1) is 6.04 Å². The number of nitrogen functional groups attached to an aromatic ring is 1. The van der Waals surface area contributed by atoms with Crippen LogP contribution in [0.1, 0.15) is 41.5 Å². The number of pyridine rings is 1. The molecule has 4 nitrogen and oxygen atoms in total. The summed E-state index contributed by atoms with van der Waals surface area (Å²) < 4.78 is 0. The average molecular weight is 268 g/mol. The topological polar surface area (TPSA) is 77.0 Å². The van der Waals surface area contributed by atoms with E-state index in [0.717, 1.165) is 24.1 Å². The molecular weight excluding hydrogens is 248 g/mol. The number of fused-ring (bicyclic) bond motifs is 1. The number of hydrogen-bond acceptors (Lipinski definition) is 4. The molecule has 2 aromatic rings. The van der Waals surface area contributed by atoms with Crippen molar-refractivity contribution < 1.29 is 0 Å². The Morgan fingerprint density at radius 1 is 1.25 bits per heavy atom. The van der Waals surface area contributed by atoms with Crippen molar-refractivity contribution in [1.82, 2.24) is 10.4 Å². The maximum atomic E-state index is 6.09. The third-order valence-corrected chi connectivity index (χ3v) is 4.22. The van der Waals surface area contributed by atoms with Gasteiger partial charge in [0.1, 0.15) is 0 Å². The molecule has 4 heteroatoms. The monoisotopic (exact) mass is 268 g/mol. The van der Waals surface area contributed by atoms with E-state index in [1.165, 1.54) is 17.5 Å². The van der Waals surface area contributed by atoms with E-state index in [2.05, 4.69) is 34.7 Å². The first-order chi connectivity index (χ1) is 9.81. The molecule has 0 aliphatic heterocycles. The fourth-order valence-corrected chi connectivity index (χ4v) is 3.24. The Morgan fingerprint density at radius 2 is 2.10 bits per heavy atom. The third-order valence-electron chi connectivity index (χ3n) is 4.22. The standard InChI is InChI=1S/C16H20N4/c17-15-8-9-19-10-14(15)16(20-18)13-7-3-5-11-4-1-2-6-12(11)13/h1-2,4,6,8-10,13,16,20H,3,5,7,18H2,(H2,17,19). The summed E-state index contributed by atoms with van der Waals surface area (Å²) in [4.78, 5) is 4.19. The largest absolute Gasteiger partial charge is 0.398 e. The molecule has 0 fully saturated rings. The SMILES string of the molecule is NNC(c1cnccc1N)C1CCCc2ccccc21. The number of rotatable bonds is 3. The number of nitrogens with one attached hydrogen (secondary N) is 1. The molecule has 0 amide bonds. The highest BCUT2D eigenvalue weighted by atomic mass is 15.2. The quantitative estimate of drug-likeness (QED) is 0.589. The van der Waals surface area contributed by atoms with Crippen LogP contribution in [0.25, 0.3) is 0 Å². The van der Waals surface area contributed by atoms with Gasteiger partial charge in [0, 0.05) is 29.6 Å². The summed E-state index contributed by atoms with van der Waals surface area (Å²) in [7, 11) is 0. The number of anilines is 1. The minimum absolute atomic E-state index is 0.00477. The van der Waals surface area contributed by atoms with E-state index in [1.807, 2.05) is 12.3 Å². The first-order valence-electron chi connectivity index (χ1n) is 7.04.